The Bertz CT molecular complexity index is 889. The number of aromatic nitrogens is 1. The third-order valence-electron chi connectivity index (χ3n) is 3.41. The highest BCUT2D eigenvalue weighted by Crippen LogP contribution is 2.26. The SMILES string of the molecule is O=C(O)c1cc2ccc(F)cc2n1Cc1ccc(Cl)c(Cl)c1. The Labute approximate surface area is 135 Å². The second-order valence-corrected chi connectivity index (χ2v) is 5.69. The van der Waals surface area contributed by atoms with Gasteiger partial charge in [-0.15, -0.1) is 0 Å². The van der Waals surface area contributed by atoms with Crippen LogP contribution >= 0.6 is 23.2 Å². The molecule has 0 aliphatic rings. The fraction of sp³-hybridized carbons (Fsp3) is 0.0625. The number of hydrogen-bond acceptors (Lipinski definition) is 1. The summed E-state index contributed by atoms with van der Waals surface area (Å²) in [6, 6.07) is 10.8. The molecule has 0 fully saturated rings. The summed E-state index contributed by atoms with van der Waals surface area (Å²) in [7, 11) is 0. The molecule has 6 heteroatoms. The van der Waals surface area contributed by atoms with Gasteiger partial charge in [0.2, 0.25) is 0 Å². The van der Waals surface area contributed by atoms with Gasteiger partial charge in [-0.25, -0.2) is 9.18 Å². The molecule has 0 spiro atoms. The third kappa shape index (κ3) is 2.67. The van der Waals surface area contributed by atoms with Crippen LogP contribution in [0, 0.1) is 5.82 Å². The van der Waals surface area contributed by atoms with Gasteiger partial charge < -0.3 is 9.67 Å². The van der Waals surface area contributed by atoms with Gasteiger partial charge in [-0.3, -0.25) is 0 Å². The van der Waals surface area contributed by atoms with E-state index in [1.807, 2.05) is 0 Å². The zero-order chi connectivity index (χ0) is 15.9. The molecule has 0 aliphatic carbocycles. The number of nitrogens with zero attached hydrogens (tertiary/aromatic N) is 1. The normalized spacial score (nSPS) is 11.0. The first-order chi connectivity index (χ1) is 10.5. The van der Waals surface area contributed by atoms with Crippen molar-refractivity contribution < 1.29 is 14.3 Å². The van der Waals surface area contributed by atoms with E-state index in [1.54, 1.807) is 28.8 Å². The van der Waals surface area contributed by atoms with Gasteiger partial charge in [0, 0.05) is 11.9 Å². The van der Waals surface area contributed by atoms with Crippen LogP contribution in [0.1, 0.15) is 16.1 Å². The summed E-state index contributed by atoms with van der Waals surface area (Å²) in [6.45, 7) is 0.255. The van der Waals surface area contributed by atoms with Gasteiger partial charge in [0.25, 0.3) is 0 Å². The molecule has 112 valence electrons. The van der Waals surface area contributed by atoms with Crippen LogP contribution in [0.5, 0.6) is 0 Å². The lowest BCUT2D eigenvalue weighted by Crippen LogP contribution is -2.09. The second kappa shape index (κ2) is 5.63. The number of carboxylic acids is 1. The van der Waals surface area contributed by atoms with Gasteiger partial charge in [0.1, 0.15) is 11.5 Å². The van der Waals surface area contributed by atoms with Crippen molar-refractivity contribution in [1.82, 2.24) is 4.57 Å². The average molecular weight is 338 g/mol. The maximum atomic E-state index is 13.5. The van der Waals surface area contributed by atoms with Gasteiger partial charge in [-0.2, -0.15) is 0 Å². The molecule has 3 aromatic rings. The molecule has 1 N–H and O–H groups in total. The minimum absolute atomic E-state index is 0.0895. The van der Waals surface area contributed by atoms with Crippen molar-refractivity contribution in [3.8, 4) is 0 Å². The van der Waals surface area contributed by atoms with Gasteiger partial charge in [-0.05, 0) is 42.0 Å². The monoisotopic (exact) mass is 337 g/mol. The molecule has 0 saturated heterocycles. The van der Waals surface area contributed by atoms with Crippen LogP contribution in [-0.4, -0.2) is 15.6 Å². The molecule has 3 rings (SSSR count). The number of aromatic carboxylic acids is 1. The van der Waals surface area contributed by atoms with E-state index in [0.29, 0.717) is 20.9 Å². The maximum Gasteiger partial charge on any atom is 0.352 e. The lowest BCUT2D eigenvalue weighted by molar-refractivity contribution is 0.0686. The molecule has 0 bridgehead atoms. The van der Waals surface area contributed by atoms with E-state index in [2.05, 4.69) is 0 Å². The van der Waals surface area contributed by atoms with Crippen LogP contribution in [0.2, 0.25) is 10.0 Å². The van der Waals surface area contributed by atoms with E-state index in [0.717, 1.165) is 5.56 Å². The molecule has 2 aromatic carbocycles. The predicted molar refractivity (Wildman–Crippen MR) is 84.4 cm³/mol. The number of rotatable bonds is 3. The first-order valence-electron chi connectivity index (χ1n) is 6.42. The van der Waals surface area contributed by atoms with Crippen LogP contribution in [0.15, 0.2) is 42.5 Å². The predicted octanol–water partition coefficient (Wildman–Crippen LogP) is 4.83. The van der Waals surface area contributed by atoms with Gasteiger partial charge in [-0.1, -0.05) is 29.3 Å². The maximum absolute atomic E-state index is 13.5. The van der Waals surface area contributed by atoms with E-state index >= 15 is 0 Å². The smallest absolute Gasteiger partial charge is 0.352 e. The molecule has 0 radical (unpaired) electrons. The summed E-state index contributed by atoms with van der Waals surface area (Å²) >= 11 is 11.9. The first kappa shape index (κ1) is 14.9. The summed E-state index contributed by atoms with van der Waals surface area (Å²) in [5.74, 6) is -1.49. The van der Waals surface area contributed by atoms with Crippen molar-refractivity contribution in [2.24, 2.45) is 0 Å². The van der Waals surface area contributed by atoms with E-state index in [4.69, 9.17) is 23.2 Å². The van der Waals surface area contributed by atoms with Gasteiger partial charge in [0.05, 0.1) is 15.6 Å². The fourth-order valence-corrected chi connectivity index (χ4v) is 2.72. The highest BCUT2D eigenvalue weighted by Gasteiger charge is 2.15. The molecule has 1 heterocycles. The number of benzene rings is 2. The van der Waals surface area contributed by atoms with Crippen molar-refractivity contribution in [2.45, 2.75) is 6.54 Å². The van der Waals surface area contributed by atoms with Crippen molar-refractivity contribution >= 4 is 40.1 Å². The highest BCUT2D eigenvalue weighted by atomic mass is 35.5. The zero-order valence-electron chi connectivity index (χ0n) is 11.2. The summed E-state index contributed by atoms with van der Waals surface area (Å²) in [6.07, 6.45) is 0. The van der Waals surface area contributed by atoms with Crippen molar-refractivity contribution in [3.05, 3.63) is 69.6 Å². The van der Waals surface area contributed by atoms with Crippen molar-refractivity contribution in [1.29, 1.82) is 0 Å². The van der Waals surface area contributed by atoms with Crippen molar-refractivity contribution in [3.63, 3.8) is 0 Å². The lowest BCUT2D eigenvalue weighted by Gasteiger charge is -2.09. The Kier molecular flexibility index (Phi) is 3.81. The third-order valence-corrected chi connectivity index (χ3v) is 4.15. The number of fused-ring (bicyclic) bond motifs is 1. The molecule has 0 saturated carbocycles. The van der Waals surface area contributed by atoms with Crippen LogP contribution in [-0.2, 0) is 6.54 Å². The Morgan fingerprint density at radius 3 is 2.55 bits per heavy atom. The van der Waals surface area contributed by atoms with Gasteiger partial charge in [0.15, 0.2) is 0 Å². The average Bonchev–Trinajstić information content (AvgIpc) is 2.81. The Balaban J connectivity index is 2.15. The number of carboxylic acid groups (broad SMARTS) is 1. The molecule has 0 unspecified atom stereocenters. The molecular weight excluding hydrogens is 328 g/mol. The topological polar surface area (TPSA) is 42.2 Å². The largest absolute Gasteiger partial charge is 0.477 e. The van der Waals surface area contributed by atoms with Crippen molar-refractivity contribution in [2.75, 3.05) is 0 Å². The molecule has 0 atom stereocenters. The molecule has 1 aromatic heterocycles. The van der Waals surface area contributed by atoms with Crippen LogP contribution < -0.4 is 0 Å². The fourth-order valence-electron chi connectivity index (χ4n) is 2.40. The number of halogens is 3. The quantitative estimate of drug-likeness (QED) is 0.743. The van der Waals surface area contributed by atoms with Crippen LogP contribution in [0.4, 0.5) is 4.39 Å². The number of carbonyl (C=O) groups is 1. The molecule has 0 aliphatic heterocycles. The highest BCUT2D eigenvalue weighted by molar-refractivity contribution is 6.42. The summed E-state index contributed by atoms with van der Waals surface area (Å²) < 4.78 is 15.0. The van der Waals surface area contributed by atoms with E-state index in [1.165, 1.54) is 18.2 Å². The van der Waals surface area contributed by atoms with E-state index < -0.39 is 11.8 Å². The number of hydrogen-bond donors (Lipinski definition) is 1. The minimum atomic E-state index is -1.07. The lowest BCUT2D eigenvalue weighted by atomic mass is 10.2. The van der Waals surface area contributed by atoms with E-state index in [9.17, 15) is 14.3 Å². The standard InChI is InChI=1S/C16H10Cl2FNO2/c17-12-4-1-9(5-13(12)18)8-20-14-7-11(19)3-2-10(14)6-15(20)16(21)22/h1-7H,8H2,(H,21,22). The Morgan fingerprint density at radius 2 is 1.86 bits per heavy atom. The zero-order valence-corrected chi connectivity index (χ0v) is 12.7. The first-order valence-corrected chi connectivity index (χ1v) is 7.17. The molecule has 22 heavy (non-hydrogen) atoms. The second-order valence-electron chi connectivity index (χ2n) is 4.87. The molecular formula is C16H10Cl2FNO2. The minimum Gasteiger partial charge on any atom is -0.477 e. The van der Waals surface area contributed by atoms with E-state index in [-0.39, 0.29) is 12.2 Å². The van der Waals surface area contributed by atoms with Gasteiger partial charge >= 0.3 is 5.97 Å². The summed E-state index contributed by atoms with van der Waals surface area (Å²) in [4.78, 5) is 11.4. The summed E-state index contributed by atoms with van der Waals surface area (Å²) in [5.41, 5.74) is 1.38. The molecule has 3 nitrogen and oxygen atoms in total. The Morgan fingerprint density at radius 1 is 1.09 bits per heavy atom. The van der Waals surface area contributed by atoms with Crippen LogP contribution in [0.25, 0.3) is 10.9 Å². The molecule has 0 amide bonds. The Hall–Kier alpha value is -2.04. The van der Waals surface area contributed by atoms with Crippen LogP contribution in [0.3, 0.4) is 0 Å². The summed E-state index contributed by atoms with van der Waals surface area (Å²) in [5, 5.41) is 10.8.